The third-order valence-corrected chi connectivity index (χ3v) is 4.22. The second-order valence-corrected chi connectivity index (χ2v) is 6.47. The van der Waals surface area contributed by atoms with E-state index in [1.54, 1.807) is 0 Å². The lowest BCUT2D eigenvalue weighted by molar-refractivity contribution is 0.721. The predicted octanol–water partition coefficient (Wildman–Crippen LogP) is 5.15. The highest BCUT2D eigenvalue weighted by Crippen LogP contribution is 2.23. The summed E-state index contributed by atoms with van der Waals surface area (Å²) in [6.45, 7) is 2.09. The van der Waals surface area contributed by atoms with Crippen LogP contribution in [0, 0.1) is 6.92 Å². The summed E-state index contributed by atoms with van der Waals surface area (Å²) in [6, 6.07) is 21.4. The van der Waals surface area contributed by atoms with E-state index in [1.165, 1.54) is 27.5 Å². The molecule has 2 N–H and O–H groups in total. The van der Waals surface area contributed by atoms with Crippen LogP contribution in [0.2, 0.25) is 0 Å². The summed E-state index contributed by atoms with van der Waals surface area (Å²) in [6.07, 6.45) is 0.848. The van der Waals surface area contributed by atoms with Crippen molar-refractivity contribution in [2.75, 3.05) is 0 Å². The molecule has 0 bridgehead atoms. The van der Waals surface area contributed by atoms with Crippen molar-refractivity contribution < 1.29 is 0 Å². The first kappa shape index (κ1) is 14.3. The number of nitrogens with two attached hydrogens (primary N) is 1. The Bertz CT molecular complexity index is 759. The minimum Gasteiger partial charge on any atom is -0.324 e. The molecule has 0 heterocycles. The fourth-order valence-corrected chi connectivity index (χ4v) is 3.34. The highest BCUT2D eigenvalue weighted by molar-refractivity contribution is 9.10. The van der Waals surface area contributed by atoms with Crippen LogP contribution in [0.4, 0.5) is 0 Å². The number of halogens is 1. The Morgan fingerprint density at radius 1 is 0.952 bits per heavy atom. The summed E-state index contributed by atoms with van der Waals surface area (Å²) in [5.41, 5.74) is 10.1. The molecule has 3 rings (SSSR count). The monoisotopic (exact) mass is 339 g/mol. The van der Waals surface area contributed by atoms with E-state index < -0.39 is 0 Å². The van der Waals surface area contributed by atoms with Gasteiger partial charge in [-0.05, 0) is 52.9 Å². The number of fused-ring (bicyclic) bond motifs is 1. The molecule has 0 aliphatic rings. The van der Waals surface area contributed by atoms with Gasteiger partial charge in [0.15, 0.2) is 0 Å². The average Bonchev–Trinajstić information content (AvgIpc) is 2.46. The average molecular weight is 340 g/mol. The lowest BCUT2D eigenvalue weighted by Gasteiger charge is -2.14. The maximum Gasteiger partial charge on any atom is 0.0336 e. The summed E-state index contributed by atoms with van der Waals surface area (Å²) >= 11 is 3.54. The molecule has 0 radical (unpaired) electrons. The van der Waals surface area contributed by atoms with E-state index in [-0.39, 0.29) is 6.04 Å². The Labute approximate surface area is 133 Å². The third-order valence-electron chi connectivity index (χ3n) is 3.76. The second kappa shape index (κ2) is 6.00. The van der Waals surface area contributed by atoms with Crippen LogP contribution >= 0.6 is 15.9 Å². The Kier molecular flexibility index (Phi) is 4.09. The normalized spacial score (nSPS) is 12.5. The summed E-state index contributed by atoms with van der Waals surface area (Å²) in [5.74, 6) is 0. The molecule has 1 atom stereocenters. The minimum atomic E-state index is 0.0161. The van der Waals surface area contributed by atoms with Crippen LogP contribution in [0.3, 0.4) is 0 Å². The maximum absolute atomic E-state index is 6.39. The van der Waals surface area contributed by atoms with Crippen LogP contribution in [0.1, 0.15) is 22.7 Å². The van der Waals surface area contributed by atoms with Gasteiger partial charge in [-0.3, -0.25) is 0 Å². The highest BCUT2D eigenvalue weighted by Gasteiger charge is 2.09. The number of benzene rings is 3. The standard InChI is InChI=1S/C19H18BrN/c1-13-8-17(12-18(20)9-13)19(21)11-14-6-7-15-4-2-3-5-16(15)10-14/h2-10,12,19H,11,21H2,1H3. The summed E-state index contributed by atoms with van der Waals surface area (Å²) in [7, 11) is 0. The number of hydrogen-bond acceptors (Lipinski definition) is 1. The van der Waals surface area contributed by atoms with Crippen molar-refractivity contribution >= 4 is 26.7 Å². The molecular formula is C19H18BrN. The fraction of sp³-hybridized carbons (Fsp3) is 0.158. The van der Waals surface area contributed by atoms with Gasteiger partial charge in [0.05, 0.1) is 0 Å². The molecule has 3 aromatic carbocycles. The van der Waals surface area contributed by atoms with Crippen LogP contribution in [0.15, 0.2) is 65.1 Å². The molecule has 0 saturated heterocycles. The number of aryl methyl sites for hydroxylation is 1. The van der Waals surface area contributed by atoms with Crippen molar-refractivity contribution in [3.63, 3.8) is 0 Å². The topological polar surface area (TPSA) is 26.0 Å². The minimum absolute atomic E-state index is 0.0161. The van der Waals surface area contributed by atoms with E-state index in [2.05, 4.69) is 83.5 Å². The van der Waals surface area contributed by atoms with Crippen molar-refractivity contribution in [1.82, 2.24) is 0 Å². The number of rotatable bonds is 3. The van der Waals surface area contributed by atoms with Gasteiger partial charge < -0.3 is 5.73 Å². The van der Waals surface area contributed by atoms with E-state index >= 15 is 0 Å². The van der Waals surface area contributed by atoms with E-state index in [1.807, 2.05) is 0 Å². The SMILES string of the molecule is Cc1cc(Br)cc(C(N)Cc2ccc3ccccc3c2)c1. The first-order valence-electron chi connectivity index (χ1n) is 7.12. The predicted molar refractivity (Wildman–Crippen MR) is 93.5 cm³/mol. The molecule has 21 heavy (non-hydrogen) atoms. The first-order chi connectivity index (χ1) is 10.1. The van der Waals surface area contributed by atoms with Gasteiger partial charge in [-0.15, -0.1) is 0 Å². The van der Waals surface area contributed by atoms with E-state index in [0.717, 1.165) is 10.9 Å². The smallest absolute Gasteiger partial charge is 0.0336 e. The van der Waals surface area contributed by atoms with Crippen molar-refractivity contribution in [1.29, 1.82) is 0 Å². The van der Waals surface area contributed by atoms with Crippen molar-refractivity contribution in [2.45, 2.75) is 19.4 Å². The van der Waals surface area contributed by atoms with Gasteiger partial charge in [-0.25, -0.2) is 0 Å². The van der Waals surface area contributed by atoms with Crippen LogP contribution in [0.5, 0.6) is 0 Å². The van der Waals surface area contributed by atoms with Crippen molar-refractivity contribution in [2.24, 2.45) is 5.73 Å². The molecule has 0 amide bonds. The summed E-state index contributed by atoms with van der Waals surface area (Å²) in [4.78, 5) is 0. The molecule has 0 saturated carbocycles. The van der Waals surface area contributed by atoms with Gasteiger partial charge in [0.25, 0.3) is 0 Å². The largest absolute Gasteiger partial charge is 0.324 e. The Morgan fingerprint density at radius 3 is 2.48 bits per heavy atom. The van der Waals surface area contributed by atoms with Crippen LogP contribution < -0.4 is 5.73 Å². The molecule has 1 unspecified atom stereocenters. The Hall–Kier alpha value is -1.64. The molecule has 106 valence electrons. The maximum atomic E-state index is 6.39. The molecule has 0 aliphatic heterocycles. The molecule has 0 aromatic heterocycles. The van der Waals surface area contributed by atoms with Crippen LogP contribution in [-0.4, -0.2) is 0 Å². The van der Waals surface area contributed by atoms with Gasteiger partial charge in [-0.2, -0.15) is 0 Å². The first-order valence-corrected chi connectivity index (χ1v) is 7.91. The molecule has 0 spiro atoms. The summed E-state index contributed by atoms with van der Waals surface area (Å²) in [5, 5.41) is 2.54. The zero-order valence-corrected chi connectivity index (χ0v) is 13.6. The molecule has 0 aliphatic carbocycles. The lowest BCUT2D eigenvalue weighted by Crippen LogP contribution is -2.13. The van der Waals surface area contributed by atoms with Gasteiger partial charge in [0.1, 0.15) is 0 Å². The second-order valence-electron chi connectivity index (χ2n) is 5.55. The lowest BCUT2D eigenvalue weighted by atomic mass is 9.97. The van der Waals surface area contributed by atoms with E-state index in [9.17, 15) is 0 Å². The molecule has 1 nitrogen and oxygen atoms in total. The number of hydrogen-bond donors (Lipinski definition) is 1. The van der Waals surface area contributed by atoms with Crippen molar-refractivity contribution in [3.05, 3.63) is 81.8 Å². The van der Waals surface area contributed by atoms with Gasteiger partial charge in [-0.1, -0.05) is 64.5 Å². The Balaban J connectivity index is 1.86. The van der Waals surface area contributed by atoms with E-state index in [0.29, 0.717) is 0 Å². The third kappa shape index (κ3) is 3.34. The zero-order chi connectivity index (χ0) is 14.8. The Morgan fingerprint density at radius 2 is 1.71 bits per heavy atom. The summed E-state index contributed by atoms with van der Waals surface area (Å²) < 4.78 is 1.09. The van der Waals surface area contributed by atoms with Crippen molar-refractivity contribution in [3.8, 4) is 0 Å². The molecule has 2 heteroatoms. The van der Waals surface area contributed by atoms with E-state index in [4.69, 9.17) is 5.73 Å². The van der Waals surface area contributed by atoms with Gasteiger partial charge in [0, 0.05) is 10.5 Å². The molecule has 3 aromatic rings. The van der Waals surface area contributed by atoms with Crippen LogP contribution in [0.25, 0.3) is 10.8 Å². The molecular weight excluding hydrogens is 322 g/mol. The molecule has 0 fully saturated rings. The fourth-order valence-electron chi connectivity index (χ4n) is 2.72. The highest BCUT2D eigenvalue weighted by atomic mass is 79.9. The van der Waals surface area contributed by atoms with Gasteiger partial charge in [0.2, 0.25) is 0 Å². The van der Waals surface area contributed by atoms with Gasteiger partial charge >= 0.3 is 0 Å². The quantitative estimate of drug-likeness (QED) is 0.701. The van der Waals surface area contributed by atoms with Crippen LogP contribution in [-0.2, 0) is 6.42 Å². The zero-order valence-electron chi connectivity index (χ0n) is 12.0.